The van der Waals surface area contributed by atoms with Gasteiger partial charge in [0.05, 0.1) is 13.2 Å². The van der Waals surface area contributed by atoms with Crippen molar-refractivity contribution in [1.29, 1.82) is 0 Å². The van der Waals surface area contributed by atoms with Crippen molar-refractivity contribution >= 4 is 47.9 Å². The fourth-order valence-corrected chi connectivity index (χ4v) is 11.7. The van der Waals surface area contributed by atoms with E-state index in [1.54, 1.807) is 36.6 Å². The molecule has 0 unspecified atom stereocenters. The Morgan fingerprint density at radius 1 is 0.812 bits per heavy atom. The molecule has 0 atom stereocenters. The Morgan fingerprint density at radius 2 is 1.44 bits per heavy atom. The zero-order chi connectivity index (χ0) is 34.3. The fourth-order valence-electron chi connectivity index (χ4n) is 6.35. The molecule has 0 bridgehead atoms. The quantitative estimate of drug-likeness (QED) is 0.111. The van der Waals surface area contributed by atoms with Crippen molar-refractivity contribution in [2.45, 2.75) is 52.8 Å². The predicted molar refractivity (Wildman–Crippen MR) is 202 cm³/mol. The maximum atomic E-state index is 12.8. The number of amides is 2. The van der Waals surface area contributed by atoms with Crippen molar-refractivity contribution in [3.8, 4) is 11.1 Å². The average molecular weight is 673 g/mol. The highest BCUT2D eigenvalue weighted by atomic mass is 32.1. The van der Waals surface area contributed by atoms with Gasteiger partial charge in [0.15, 0.2) is 0 Å². The van der Waals surface area contributed by atoms with Gasteiger partial charge in [-0.15, -0.1) is 11.3 Å². The van der Waals surface area contributed by atoms with Gasteiger partial charge in [-0.05, 0) is 92.3 Å². The monoisotopic (exact) mass is 672 g/mol. The SMILES string of the molecule is CNC(=O)c1ccc(C=CC(=O)NCc2sccc2-c2ccc(C)c(CO[Si](c3ccccc3)(c3ccccc3)C(C)(C)C)c2C)cc1. The molecule has 48 heavy (non-hydrogen) atoms. The zero-order valence-corrected chi connectivity index (χ0v) is 30.4. The van der Waals surface area contributed by atoms with E-state index < -0.39 is 8.32 Å². The minimum atomic E-state index is -2.71. The second-order valence-electron chi connectivity index (χ2n) is 13.0. The minimum Gasteiger partial charge on any atom is -0.403 e. The van der Waals surface area contributed by atoms with Gasteiger partial charge in [-0.3, -0.25) is 9.59 Å². The number of carbonyl (C=O) groups excluding carboxylic acids is 2. The molecule has 1 heterocycles. The van der Waals surface area contributed by atoms with Crippen molar-refractivity contribution in [3.63, 3.8) is 0 Å². The number of nitrogens with one attached hydrogen (secondary N) is 2. The molecule has 7 heteroatoms. The summed E-state index contributed by atoms with van der Waals surface area (Å²) in [7, 11) is -1.11. The second kappa shape index (κ2) is 15.1. The lowest BCUT2D eigenvalue weighted by atomic mass is 9.94. The van der Waals surface area contributed by atoms with Gasteiger partial charge in [0, 0.05) is 23.6 Å². The van der Waals surface area contributed by atoms with Gasteiger partial charge >= 0.3 is 0 Å². The Hall–Kier alpha value is -4.56. The topological polar surface area (TPSA) is 67.4 Å². The lowest BCUT2D eigenvalue weighted by Crippen LogP contribution is -2.66. The van der Waals surface area contributed by atoms with Crippen molar-refractivity contribution in [1.82, 2.24) is 10.6 Å². The van der Waals surface area contributed by atoms with Gasteiger partial charge in [-0.25, -0.2) is 0 Å². The van der Waals surface area contributed by atoms with Gasteiger partial charge in [0.25, 0.3) is 14.2 Å². The molecule has 0 aliphatic heterocycles. The highest BCUT2D eigenvalue weighted by molar-refractivity contribution is 7.10. The van der Waals surface area contributed by atoms with E-state index in [-0.39, 0.29) is 16.9 Å². The van der Waals surface area contributed by atoms with E-state index in [1.807, 2.05) is 12.1 Å². The predicted octanol–water partition coefficient (Wildman–Crippen LogP) is 7.80. The summed E-state index contributed by atoms with van der Waals surface area (Å²) < 4.78 is 7.34. The van der Waals surface area contributed by atoms with Crippen molar-refractivity contribution in [2.75, 3.05) is 7.05 Å². The Bertz CT molecular complexity index is 1850. The van der Waals surface area contributed by atoms with Gasteiger partial charge < -0.3 is 15.1 Å². The summed E-state index contributed by atoms with van der Waals surface area (Å²) in [5.74, 6) is -0.317. The van der Waals surface area contributed by atoms with Crippen LogP contribution in [0.3, 0.4) is 0 Å². The Balaban J connectivity index is 1.37. The number of carbonyl (C=O) groups is 2. The molecule has 5 aromatic rings. The summed E-state index contributed by atoms with van der Waals surface area (Å²) in [6.45, 7) is 12.2. The Morgan fingerprint density at radius 3 is 2.02 bits per heavy atom. The van der Waals surface area contributed by atoms with E-state index in [2.05, 4.69) is 129 Å². The average Bonchev–Trinajstić information content (AvgIpc) is 3.56. The molecule has 0 fully saturated rings. The normalized spacial score (nSPS) is 11.9. The maximum absolute atomic E-state index is 12.8. The third kappa shape index (κ3) is 7.44. The number of aryl methyl sites for hydroxylation is 1. The first kappa shape index (κ1) is 34.8. The van der Waals surface area contributed by atoms with Crippen LogP contribution in [0.2, 0.25) is 5.04 Å². The first-order valence-electron chi connectivity index (χ1n) is 16.2. The molecule has 2 amide bonds. The summed E-state index contributed by atoms with van der Waals surface area (Å²) in [6.07, 6.45) is 3.28. The third-order valence-electron chi connectivity index (χ3n) is 8.97. The molecule has 4 aromatic carbocycles. The van der Waals surface area contributed by atoms with Crippen molar-refractivity contribution in [2.24, 2.45) is 0 Å². The second-order valence-corrected chi connectivity index (χ2v) is 18.3. The summed E-state index contributed by atoms with van der Waals surface area (Å²) in [5.41, 5.74) is 7.29. The summed E-state index contributed by atoms with van der Waals surface area (Å²) in [5, 5.41) is 10.2. The molecule has 0 saturated heterocycles. The first-order chi connectivity index (χ1) is 23.0. The zero-order valence-electron chi connectivity index (χ0n) is 28.6. The standard InChI is InChI=1S/C41H44N2O3SSi/c1-29-17-23-35(36-25-26-47-38(36)27-43-39(44)24-20-31-18-21-32(22-19-31)40(45)42-6)30(2)37(29)28-46-48(41(3,4)5,33-13-9-7-10-14-33)34-15-11-8-12-16-34/h7-26H,27-28H2,1-6H3,(H,42,45)(H,43,44). The van der Waals surface area contributed by atoms with Crippen LogP contribution >= 0.6 is 11.3 Å². The van der Waals surface area contributed by atoms with Crippen LogP contribution in [0.4, 0.5) is 0 Å². The summed E-state index contributed by atoms with van der Waals surface area (Å²) >= 11 is 1.64. The number of hydrogen-bond donors (Lipinski definition) is 2. The molecule has 5 nitrogen and oxygen atoms in total. The van der Waals surface area contributed by atoms with Crippen LogP contribution in [0, 0.1) is 13.8 Å². The van der Waals surface area contributed by atoms with Crippen LogP contribution in [-0.4, -0.2) is 27.2 Å². The molecule has 5 rings (SSSR count). The maximum Gasteiger partial charge on any atom is 0.261 e. The minimum absolute atomic E-state index is 0.114. The van der Waals surface area contributed by atoms with Gasteiger partial charge in [0.2, 0.25) is 5.91 Å². The molecule has 0 saturated carbocycles. The number of thiophene rings is 1. The molecule has 1 aromatic heterocycles. The van der Waals surface area contributed by atoms with E-state index in [4.69, 9.17) is 4.43 Å². The van der Waals surface area contributed by atoms with Crippen LogP contribution in [0.5, 0.6) is 0 Å². The number of rotatable bonds is 11. The number of benzene rings is 4. The molecule has 0 aliphatic carbocycles. The Labute approximate surface area is 289 Å². The van der Waals surface area contributed by atoms with Gasteiger partial charge in [-0.1, -0.05) is 106 Å². The molecule has 246 valence electrons. The molecular formula is C41H44N2O3SSi. The smallest absolute Gasteiger partial charge is 0.261 e. The number of hydrogen-bond acceptors (Lipinski definition) is 4. The molecule has 2 N–H and O–H groups in total. The van der Waals surface area contributed by atoms with E-state index in [1.165, 1.54) is 33.1 Å². The largest absolute Gasteiger partial charge is 0.403 e. The van der Waals surface area contributed by atoms with Gasteiger partial charge in [-0.2, -0.15) is 0 Å². The van der Waals surface area contributed by atoms with Crippen LogP contribution in [-0.2, 0) is 22.4 Å². The molecular weight excluding hydrogens is 629 g/mol. The van der Waals surface area contributed by atoms with Crippen LogP contribution in [0.25, 0.3) is 17.2 Å². The third-order valence-corrected chi connectivity index (χ3v) is 14.9. The molecule has 0 spiro atoms. The van der Waals surface area contributed by atoms with Crippen molar-refractivity contribution in [3.05, 3.63) is 147 Å². The summed E-state index contributed by atoms with van der Waals surface area (Å²) in [6, 6.07) is 35.1. The van der Waals surface area contributed by atoms with Crippen LogP contribution < -0.4 is 21.0 Å². The first-order valence-corrected chi connectivity index (χ1v) is 19.0. The lowest BCUT2D eigenvalue weighted by molar-refractivity contribution is -0.116. The molecule has 0 radical (unpaired) electrons. The molecule has 0 aliphatic rings. The van der Waals surface area contributed by atoms with Gasteiger partial charge in [0.1, 0.15) is 0 Å². The van der Waals surface area contributed by atoms with Crippen LogP contribution in [0.1, 0.15) is 58.3 Å². The fraction of sp³-hybridized carbons (Fsp3) is 0.220. The lowest BCUT2D eigenvalue weighted by Gasteiger charge is -2.43. The Kier molecular flexibility index (Phi) is 10.9. The van der Waals surface area contributed by atoms with E-state index in [0.29, 0.717) is 18.7 Å². The van der Waals surface area contributed by atoms with Crippen LogP contribution in [0.15, 0.2) is 115 Å². The summed E-state index contributed by atoms with van der Waals surface area (Å²) in [4.78, 5) is 25.7. The highest BCUT2D eigenvalue weighted by Crippen LogP contribution is 2.39. The van der Waals surface area contributed by atoms with Crippen molar-refractivity contribution < 1.29 is 14.0 Å². The van der Waals surface area contributed by atoms with E-state index in [9.17, 15) is 9.59 Å². The van der Waals surface area contributed by atoms with E-state index >= 15 is 0 Å². The highest BCUT2D eigenvalue weighted by Gasteiger charge is 2.50. The van der Waals surface area contributed by atoms with E-state index in [0.717, 1.165) is 21.6 Å².